The highest BCUT2D eigenvalue weighted by atomic mass is 32.1. The van der Waals surface area contributed by atoms with E-state index in [2.05, 4.69) is 38.0 Å². The zero-order chi connectivity index (χ0) is 11.8. The number of hydrogen-bond donors (Lipinski definition) is 1. The summed E-state index contributed by atoms with van der Waals surface area (Å²) in [6.45, 7) is 8.98. The second-order valence-corrected chi connectivity index (χ2v) is 6.97. The first-order chi connectivity index (χ1) is 7.46. The van der Waals surface area contributed by atoms with E-state index in [-0.39, 0.29) is 0 Å². The van der Waals surface area contributed by atoms with Gasteiger partial charge in [0.05, 0.1) is 5.69 Å². The maximum Gasteiger partial charge on any atom is 0.183 e. The van der Waals surface area contributed by atoms with Gasteiger partial charge in [-0.2, -0.15) is 0 Å². The standard InChI is InChI=1S/C13H22N2S/c1-9-10(2)16-12(14-9)15-11-6-5-7-13(3,4)8-11/h11H,5-8H2,1-4H3,(H,14,15). The zero-order valence-corrected chi connectivity index (χ0v) is 11.6. The molecular formula is C13H22N2S. The summed E-state index contributed by atoms with van der Waals surface area (Å²) < 4.78 is 0. The molecule has 1 N–H and O–H groups in total. The predicted molar refractivity (Wildman–Crippen MR) is 71.2 cm³/mol. The van der Waals surface area contributed by atoms with Gasteiger partial charge >= 0.3 is 0 Å². The molecule has 0 spiro atoms. The van der Waals surface area contributed by atoms with Gasteiger partial charge in [0.1, 0.15) is 0 Å². The van der Waals surface area contributed by atoms with E-state index in [0.717, 1.165) is 5.13 Å². The molecule has 0 radical (unpaired) electrons. The number of aromatic nitrogens is 1. The van der Waals surface area contributed by atoms with E-state index >= 15 is 0 Å². The molecule has 1 atom stereocenters. The molecule has 2 nitrogen and oxygen atoms in total. The van der Waals surface area contributed by atoms with Gasteiger partial charge in [-0.05, 0) is 38.5 Å². The summed E-state index contributed by atoms with van der Waals surface area (Å²) in [6.07, 6.45) is 5.26. The molecule has 0 aliphatic heterocycles. The highest BCUT2D eigenvalue weighted by Gasteiger charge is 2.28. The third kappa shape index (κ3) is 2.76. The lowest BCUT2D eigenvalue weighted by Crippen LogP contribution is -2.31. The van der Waals surface area contributed by atoms with Crippen LogP contribution in [0.2, 0.25) is 0 Å². The van der Waals surface area contributed by atoms with Crippen molar-refractivity contribution in [2.24, 2.45) is 5.41 Å². The van der Waals surface area contributed by atoms with Gasteiger partial charge < -0.3 is 5.32 Å². The molecule has 90 valence electrons. The van der Waals surface area contributed by atoms with Crippen LogP contribution in [0.4, 0.5) is 5.13 Å². The Kier molecular flexibility index (Phi) is 3.24. The first kappa shape index (κ1) is 11.9. The number of nitrogens with zero attached hydrogens (tertiary/aromatic N) is 1. The maximum atomic E-state index is 4.56. The summed E-state index contributed by atoms with van der Waals surface area (Å²) in [5.74, 6) is 0. The molecule has 1 unspecified atom stereocenters. The first-order valence-corrected chi connectivity index (χ1v) is 6.98. The Morgan fingerprint density at radius 3 is 2.69 bits per heavy atom. The van der Waals surface area contributed by atoms with Crippen molar-refractivity contribution in [2.75, 3.05) is 5.32 Å². The zero-order valence-electron chi connectivity index (χ0n) is 10.8. The summed E-state index contributed by atoms with van der Waals surface area (Å²) in [5, 5.41) is 4.71. The van der Waals surface area contributed by atoms with Crippen LogP contribution >= 0.6 is 11.3 Å². The third-order valence-electron chi connectivity index (χ3n) is 3.56. The van der Waals surface area contributed by atoms with Crippen LogP contribution < -0.4 is 5.32 Å². The van der Waals surface area contributed by atoms with E-state index in [1.165, 1.54) is 36.3 Å². The molecule has 0 amide bonds. The van der Waals surface area contributed by atoms with Crippen LogP contribution in [-0.2, 0) is 0 Å². The fraction of sp³-hybridized carbons (Fsp3) is 0.769. The van der Waals surface area contributed by atoms with Gasteiger partial charge in [-0.1, -0.05) is 20.3 Å². The molecular weight excluding hydrogens is 216 g/mol. The van der Waals surface area contributed by atoms with Crippen molar-refractivity contribution in [1.29, 1.82) is 0 Å². The van der Waals surface area contributed by atoms with Crippen molar-refractivity contribution < 1.29 is 0 Å². The summed E-state index contributed by atoms with van der Waals surface area (Å²) in [6, 6.07) is 0.619. The van der Waals surface area contributed by atoms with Crippen LogP contribution in [0.5, 0.6) is 0 Å². The maximum absolute atomic E-state index is 4.56. The van der Waals surface area contributed by atoms with Gasteiger partial charge in [-0.25, -0.2) is 4.98 Å². The first-order valence-electron chi connectivity index (χ1n) is 6.17. The molecule has 1 aliphatic carbocycles. The Balaban J connectivity index is 1.99. The van der Waals surface area contributed by atoms with Gasteiger partial charge in [-0.3, -0.25) is 0 Å². The smallest absolute Gasteiger partial charge is 0.183 e. The van der Waals surface area contributed by atoms with Crippen LogP contribution in [0.3, 0.4) is 0 Å². The molecule has 1 aliphatic rings. The average molecular weight is 238 g/mol. The molecule has 16 heavy (non-hydrogen) atoms. The third-order valence-corrected chi connectivity index (χ3v) is 4.57. The summed E-state index contributed by atoms with van der Waals surface area (Å²) in [4.78, 5) is 5.89. The number of hydrogen-bond acceptors (Lipinski definition) is 3. The van der Waals surface area contributed by atoms with Crippen LogP contribution in [0.1, 0.15) is 50.1 Å². The number of thiazole rings is 1. The Labute approximate surface area is 102 Å². The predicted octanol–water partition coefficient (Wildman–Crippen LogP) is 4.14. The minimum atomic E-state index is 0.497. The number of nitrogens with one attached hydrogen (secondary N) is 1. The molecule has 0 aromatic carbocycles. The molecule has 1 aromatic heterocycles. The molecule has 1 fully saturated rings. The molecule has 0 bridgehead atoms. The van der Waals surface area contributed by atoms with Crippen molar-refractivity contribution in [3.8, 4) is 0 Å². The van der Waals surface area contributed by atoms with E-state index < -0.39 is 0 Å². The number of anilines is 1. The Bertz CT molecular complexity index is 349. The number of aryl methyl sites for hydroxylation is 2. The minimum Gasteiger partial charge on any atom is -0.359 e. The lowest BCUT2D eigenvalue weighted by molar-refractivity contribution is 0.229. The molecule has 3 heteroatoms. The van der Waals surface area contributed by atoms with Gasteiger partial charge in [-0.15, -0.1) is 11.3 Å². The average Bonchev–Trinajstić information content (AvgIpc) is 2.43. The normalized spacial score (nSPS) is 24.4. The van der Waals surface area contributed by atoms with Gasteiger partial charge in [0.15, 0.2) is 5.13 Å². The Morgan fingerprint density at radius 1 is 1.38 bits per heavy atom. The second kappa shape index (κ2) is 4.36. The van der Waals surface area contributed by atoms with Crippen LogP contribution in [0, 0.1) is 19.3 Å². The van der Waals surface area contributed by atoms with Gasteiger partial charge in [0.2, 0.25) is 0 Å². The topological polar surface area (TPSA) is 24.9 Å². The van der Waals surface area contributed by atoms with Crippen molar-refractivity contribution in [3.05, 3.63) is 10.6 Å². The summed E-state index contributed by atoms with van der Waals surface area (Å²) >= 11 is 1.79. The monoisotopic (exact) mass is 238 g/mol. The van der Waals surface area contributed by atoms with Crippen LogP contribution in [-0.4, -0.2) is 11.0 Å². The van der Waals surface area contributed by atoms with E-state index in [1.54, 1.807) is 11.3 Å². The Hall–Kier alpha value is -0.570. The number of rotatable bonds is 2. The van der Waals surface area contributed by atoms with Crippen molar-refractivity contribution >= 4 is 16.5 Å². The second-order valence-electron chi connectivity index (χ2n) is 5.76. The van der Waals surface area contributed by atoms with E-state index in [4.69, 9.17) is 0 Å². The lowest BCUT2D eigenvalue weighted by atomic mass is 9.75. The van der Waals surface area contributed by atoms with Crippen LogP contribution in [0.15, 0.2) is 0 Å². The highest BCUT2D eigenvalue weighted by molar-refractivity contribution is 7.15. The van der Waals surface area contributed by atoms with Crippen molar-refractivity contribution in [2.45, 2.75) is 59.4 Å². The van der Waals surface area contributed by atoms with E-state index in [0.29, 0.717) is 11.5 Å². The summed E-state index contributed by atoms with van der Waals surface area (Å²) in [5.41, 5.74) is 1.67. The van der Waals surface area contributed by atoms with Crippen molar-refractivity contribution in [1.82, 2.24) is 4.98 Å². The molecule has 0 saturated heterocycles. The lowest BCUT2D eigenvalue weighted by Gasteiger charge is -2.35. The van der Waals surface area contributed by atoms with Gasteiger partial charge in [0.25, 0.3) is 0 Å². The summed E-state index contributed by atoms with van der Waals surface area (Å²) in [7, 11) is 0. The minimum absolute atomic E-state index is 0.497. The molecule has 2 rings (SSSR count). The fourth-order valence-corrected chi connectivity index (χ4v) is 3.42. The van der Waals surface area contributed by atoms with Crippen LogP contribution in [0.25, 0.3) is 0 Å². The quantitative estimate of drug-likeness (QED) is 0.837. The molecule has 1 aromatic rings. The fourth-order valence-electron chi connectivity index (χ4n) is 2.53. The Morgan fingerprint density at radius 2 is 2.12 bits per heavy atom. The molecule has 1 saturated carbocycles. The van der Waals surface area contributed by atoms with Crippen molar-refractivity contribution in [3.63, 3.8) is 0 Å². The highest BCUT2D eigenvalue weighted by Crippen LogP contribution is 2.36. The molecule has 1 heterocycles. The largest absolute Gasteiger partial charge is 0.359 e. The van der Waals surface area contributed by atoms with E-state index in [1.807, 2.05) is 0 Å². The SMILES string of the molecule is Cc1nc(NC2CCCC(C)(C)C2)sc1C. The van der Waals surface area contributed by atoms with E-state index in [9.17, 15) is 0 Å². The van der Waals surface area contributed by atoms with Gasteiger partial charge in [0, 0.05) is 10.9 Å².